The number of methoxy groups -OCH3 is 1. The first-order chi connectivity index (χ1) is 9.76. The molecule has 1 heterocycles. The first-order valence-electron chi connectivity index (χ1n) is 6.87. The van der Waals surface area contributed by atoms with Gasteiger partial charge in [-0.05, 0) is 16.3 Å². The highest BCUT2D eigenvalue weighted by Gasteiger charge is 2.43. The van der Waals surface area contributed by atoms with Crippen LogP contribution in [0.2, 0.25) is 0 Å². The Morgan fingerprint density at radius 3 is 2.65 bits per heavy atom. The van der Waals surface area contributed by atoms with Crippen LogP contribution in [-0.4, -0.2) is 25.6 Å². The second-order valence-corrected chi connectivity index (χ2v) is 5.29. The SMILES string of the molecule is CO[C@@H]1[C@H](C)[C@@H](C=O)O[C@H]1c1cccc2ccccc12. The first-order valence-corrected chi connectivity index (χ1v) is 6.87. The van der Waals surface area contributed by atoms with Crippen LogP contribution in [0, 0.1) is 5.92 Å². The molecule has 4 atom stereocenters. The quantitative estimate of drug-likeness (QED) is 0.804. The van der Waals surface area contributed by atoms with Crippen molar-refractivity contribution in [2.75, 3.05) is 7.11 Å². The summed E-state index contributed by atoms with van der Waals surface area (Å²) in [6.45, 7) is 2.00. The number of fused-ring (bicyclic) bond motifs is 1. The zero-order chi connectivity index (χ0) is 14.1. The number of aldehydes is 1. The fraction of sp³-hybridized carbons (Fsp3) is 0.353. The van der Waals surface area contributed by atoms with E-state index in [1.54, 1.807) is 7.11 Å². The van der Waals surface area contributed by atoms with Crippen LogP contribution < -0.4 is 0 Å². The summed E-state index contributed by atoms with van der Waals surface area (Å²) in [5, 5.41) is 2.33. The lowest BCUT2D eigenvalue weighted by Crippen LogP contribution is -2.24. The molecule has 3 heteroatoms. The fourth-order valence-corrected chi connectivity index (χ4v) is 3.08. The van der Waals surface area contributed by atoms with Crippen molar-refractivity contribution in [3.63, 3.8) is 0 Å². The van der Waals surface area contributed by atoms with E-state index in [-0.39, 0.29) is 18.1 Å². The maximum absolute atomic E-state index is 11.1. The molecule has 0 unspecified atom stereocenters. The normalized spacial score (nSPS) is 29.7. The molecule has 20 heavy (non-hydrogen) atoms. The Balaban J connectivity index is 2.08. The molecule has 2 aromatic rings. The summed E-state index contributed by atoms with van der Waals surface area (Å²) in [5.74, 6) is 0.0569. The third-order valence-electron chi connectivity index (χ3n) is 4.17. The summed E-state index contributed by atoms with van der Waals surface area (Å²) in [7, 11) is 1.68. The average Bonchev–Trinajstić information content (AvgIpc) is 2.82. The van der Waals surface area contributed by atoms with Gasteiger partial charge in [0.15, 0.2) is 0 Å². The van der Waals surface area contributed by atoms with Gasteiger partial charge in [-0.3, -0.25) is 0 Å². The van der Waals surface area contributed by atoms with Gasteiger partial charge in [0.25, 0.3) is 0 Å². The summed E-state index contributed by atoms with van der Waals surface area (Å²) in [6, 6.07) is 14.4. The topological polar surface area (TPSA) is 35.5 Å². The maximum Gasteiger partial charge on any atom is 0.149 e. The van der Waals surface area contributed by atoms with Crippen molar-refractivity contribution in [1.29, 1.82) is 0 Å². The lowest BCUT2D eigenvalue weighted by molar-refractivity contribution is -0.118. The maximum atomic E-state index is 11.1. The molecule has 0 aliphatic carbocycles. The van der Waals surface area contributed by atoms with E-state index in [1.165, 1.54) is 5.39 Å². The van der Waals surface area contributed by atoms with Crippen molar-refractivity contribution in [2.24, 2.45) is 5.92 Å². The highest BCUT2D eigenvalue weighted by Crippen LogP contribution is 2.40. The molecule has 3 nitrogen and oxygen atoms in total. The van der Waals surface area contributed by atoms with Crippen LogP contribution in [0.5, 0.6) is 0 Å². The van der Waals surface area contributed by atoms with Crippen LogP contribution in [0.1, 0.15) is 18.6 Å². The van der Waals surface area contributed by atoms with Gasteiger partial charge in [0, 0.05) is 13.0 Å². The van der Waals surface area contributed by atoms with E-state index in [0.717, 1.165) is 17.2 Å². The molecule has 1 aliphatic heterocycles. The van der Waals surface area contributed by atoms with E-state index >= 15 is 0 Å². The van der Waals surface area contributed by atoms with E-state index in [4.69, 9.17) is 9.47 Å². The Labute approximate surface area is 118 Å². The van der Waals surface area contributed by atoms with Crippen LogP contribution in [0.3, 0.4) is 0 Å². The van der Waals surface area contributed by atoms with Gasteiger partial charge in [-0.2, -0.15) is 0 Å². The summed E-state index contributed by atoms with van der Waals surface area (Å²) >= 11 is 0. The zero-order valence-corrected chi connectivity index (χ0v) is 11.7. The van der Waals surface area contributed by atoms with Crippen LogP contribution in [0.15, 0.2) is 42.5 Å². The summed E-state index contributed by atoms with van der Waals surface area (Å²) < 4.78 is 11.5. The van der Waals surface area contributed by atoms with Crippen molar-refractivity contribution >= 4 is 17.1 Å². The standard InChI is InChI=1S/C17H18O3/c1-11-15(10-18)20-17(16(11)19-2)14-9-5-7-12-6-3-4-8-13(12)14/h3-11,15-17H,1-2H3/t11-,15-,16-,17+/m1/s1. The fourth-order valence-electron chi connectivity index (χ4n) is 3.08. The van der Waals surface area contributed by atoms with Crippen molar-refractivity contribution in [2.45, 2.75) is 25.2 Å². The van der Waals surface area contributed by atoms with E-state index in [0.29, 0.717) is 0 Å². The lowest BCUT2D eigenvalue weighted by atomic mass is 9.92. The van der Waals surface area contributed by atoms with Gasteiger partial charge in [0.1, 0.15) is 18.5 Å². The second kappa shape index (κ2) is 5.35. The average molecular weight is 270 g/mol. The summed E-state index contributed by atoms with van der Waals surface area (Å²) in [6.07, 6.45) is 0.179. The van der Waals surface area contributed by atoms with E-state index < -0.39 is 6.10 Å². The Bertz CT molecular complexity index is 617. The van der Waals surface area contributed by atoms with Crippen LogP contribution in [-0.2, 0) is 14.3 Å². The zero-order valence-electron chi connectivity index (χ0n) is 11.7. The molecule has 3 rings (SSSR count). The highest BCUT2D eigenvalue weighted by atomic mass is 16.6. The molecular formula is C17H18O3. The lowest BCUT2D eigenvalue weighted by Gasteiger charge is -2.21. The number of carbonyl (C=O) groups is 1. The number of carbonyl (C=O) groups excluding carboxylic acids is 1. The molecule has 0 bridgehead atoms. The number of benzene rings is 2. The molecule has 2 aromatic carbocycles. The largest absolute Gasteiger partial charge is 0.378 e. The van der Waals surface area contributed by atoms with Gasteiger partial charge < -0.3 is 14.3 Å². The smallest absolute Gasteiger partial charge is 0.149 e. The Morgan fingerprint density at radius 2 is 1.90 bits per heavy atom. The molecule has 0 radical (unpaired) electrons. The van der Waals surface area contributed by atoms with Gasteiger partial charge in [0.2, 0.25) is 0 Å². The Morgan fingerprint density at radius 1 is 1.15 bits per heavy atom. The van der Waals surface area contributed by atoms with Crippen LogP contribution in [0.25, 0.3) is 10.8 Å². The van der Waals surface area contributed by atoms with Gasteiger partial charge in [-0.1, -0.05) is 49.4 Å². The van der Waals surface area contributed by atoms with Gasteiger partial charge in [-0.25, -0.2) is 0 Å². The molecule has 0 saturated carbocycles. The predicted octanol–water partition coefficient (Wildman–Crippen LogP) is 3.13. The summed E-state index contributed by atoms with van der Waals surface area (Å²) in [4.78, 5) is 11.1. The number of rotatable bonds is 3. The monoisotopic (exact) mass is 270 g/mol. The minimum Gasteiger partial charge on any atom is -0.378 e. The molecule has 104 valence electrons. The van der Waals surface area contributed by atoms with Crippen molar-refractivity contribution in [1.82, 2.24) is 0 Å². The molecule has 0 spiro atoms. The molecule has 0 N–H and O–H groups in total. The minimum absolute atomic E-state index is 0.0569. The van der Waals surface area contributed by atoms with E-state index in [2.05, 4.69) is 24.3 Å². The number of ether oxygens (including phenoxy) is 2. The van der Waals surface area contributed by atoms with Crippen LogP contribution in [0.4, 0.5) is 0 Å². The molecule has 0 aromatic heterocycles. The van der Waals surface area contributed by atoms with E-state index in [1.807, 2.05) is 25.1 Å². The van der Waals surface area contributed by atoms with Gasteiger partial charge >= 0.3 is 0 Å². The molecule has 1 aliphatic rings. The third kappa shape index (κ3) is 2.03. The van der Waals surface area contributed by atoms with Crippen molar-refractivity contribution < 1.29 is 14.3 Å². The molecule has 1 fully saturated rings. The highest BCUT2D eigenvalue weighted by molar-refractivity contribution is 5.86. The molecular weight excluding hydrogens is 252 g/mol. The second-order valence-electron chi connectivity index (χ2n) is 5.29. The van der Waals surface area contributed by atoms with Crippen molar-refractivity contribution in [3.8, 4) is 0 Å². The molecule has 1 saturated heterocycles. The van der Waals surface area contributed by atoms with Crippen molar-refractivity contribution in [3.05, 3.63) is 48.0 Å². The van der Waals surface area contributed by atoms with Gasteiger partial charge in [-0.15, -0.1) is 0 Å². The number of hydrogen-bond donors (Lipinski definition) is 0. The third-order valence-corrected chi connectivity index (χ3v) is 4.17. The Hall–Kier alpha value is -1.71. The summed E-state index contributed by atoms with van der Waals surface area (Å²) in [5.41, 5.74) is 1.09. The first kappa shape index (κ1) is 13.3. The Kier molecular flexibility index (Phi) is 3.55. The van der Waals surface area contributed by atoms with Crippen LogP contribution >= 0.6 is 0 Å². The van der Waals surface area contributed by atoms with E-state index in [9.17, 15) is 4.79 Å². The molecule has 0 amide bonds. The predicted molar refractivity (Wildman–Crippen MR) is 77.6 cm³/mol. The van der Waals surface area contributed by atoms with Gasteiger partial charge in [0.05, 0.1) is 6.10 Å². The minimum atomic E-state index is -0.399. The number of hydrogen-bond acceptors (Lipinski definition) is 3.